The lowest BCUT2D eigenvalue weighted by Crippen LogP contribution is -2.39. The average molecular weight is 515 g/mol. The second kappa shape index (κ2) is 11.3. The molecule has 0 aliphatic heterocycles. The molecule has 0 spiro atoms. The predicted octanol–water partition coefficient (Wildman–Crippen LogP) is 5.00. The molecule has 1 N–H and O–H groups in total. The van der Waals surface area contributed by atoms with E-state index in [0.29, 0.717) is 5.69 Å². The first-order valence-electron chi connectivity index (χ1n) is 12.0. The van der Waals surface area contributed by atoms with Crippen molar-refractivity contribution >= 4 is 27.8 Å². The zero-order chi connectivity index (χ0) is 26.4. The fourth-order valence-corrected chi connectivity index (χ4v) is 5.61. The van der Waals surface area contributed by atoms with Crippen molar-refractivity contribution in [1.82, 2.24) is 9.99 Å². The number of sulfonamides is 1. The van der Waals surface area contributed by atoms with Gasteiger partial charge in [-0.25, -0.2) is 13.8 Å². The molecule has 0 bridgehead atoms. The van der Waals surface area contributed by atoms with Crippen LogP contribution < -0.4 is 9.73 Å². The van der Waals surface area contributed by atoms with E-state index in [1.54, 1.807) is 36.5 Å². The third kappa shape index (κ3) is 5.81. The van der Waals surface area contributed by atoms with E-state index in [2.05, 4.69) is 15.1 Å². The molecule has 0 saturated carbocycles. The van der Waals surface area contributed by atoms with Crippen LogP contribution in [0.4, 0.5) is 5.69 Å². The van der Waals surface area contributed by atoms with Gasteiger partial charge in [-0.1, -0.05) is 55.5 Å². The normalized spacial score (nSPS) is 11.5. The fourth-order valence-electron chi connectivity index (χ4n) is 4.16. The molecule has 0 unspecified atom stereocenters. The van der Waals surface area contributed by atoms with Gasteiger partial charge in [0.15, 0.2) is 0 Å². The molecule has 3 aromatic carbocycles. The minimum atomic E-state index is -3.97. The zero-order valence-electron chi connectivity index (χ0n) is 21.1. The topological polar surface area (TPSA) is 83.8 Å². The smallest absolute Gasteiger partial charge is 0.264 e. The van der Waals surface area contributed by atoms with Gasteiger partial charge >= 0.3 is 0 Å². The van der Waals surface area contributed by atoms with Crippen molar-refractivity contribution in [3.8, 4) is 5.69 Å². The molecule has 0 atom stereocenters. The van der Waals surface area contributed by atoms with Crippen molar-refractivity contribution in [2.75, 3.05) is 10.8 Å². The third-order valence-electron chi connectivity index (χ3n) is 6.13. The minimum absolute atomic E-state index is 0.110. The summed E-state index contributed by atoms with van der Waals surface area (Å²) >= 11 is 0. The molecule has 0 aliphatic carbocycles. The Labute approximate surface area is 218 Å². The van der Waals surface area contributed by atoms with Crippen molar-refractivity contribution in [1.29, 1.82) is 0 Å². The van der Waals surface area contributed by atoms with Gasteiger partial charge < -0.3 is 4.57 Å². The Morgan fingerprint density at radius 3 is 2.19 bits per heavy atom. The molecule has 8 heteroatoms. The molecule has 0 saturated heterocycles. The molecule has 1 aromatic heterocycles. The maximum absolute atomic E-state index is 13.4. The van der Waals surface area contributed by atoms with Crippen LogP contribution in [0.5, 0.6) is 0 Å². The molecular formula is C29H30N4O3S. The molecule has 1 amide bonds. The Morgan fingerprint density at radius 1 is 0.946 bits per heavy atom. The summed E-state index contributed by atoms with van der Waals surface area (Å²) in [5.74, 6) is -0.549. The summed E-state index contributed by atoms with van der Waals surface area (Å²) in [6.45, 7) is 5.60. The molecular weight excluding hydrogens is 484 g/mol. The van der Waals surface area contributed by atoms with Gasteiger partial charge in [0.2, 0.25) is 0 Å². The van der Waals surface area contributed by atoms with Crippen molar-refractivity contribution in [2.45, 2.75) is 32.1 Å². The average Bonchev–Trinajstić information content (AvgIpc) is 3.20. The summed E-state index contributed by atoms with van der Waals surface area (Å²) in [5.41, 5.74) is 7.87. The molecule has 37 heavy (non-hydrogen) atoms. The highest BCUT2D eigenvalue weighted by Crippen LogP contribution is 2.24. The number of hydrazone groups is 1. The monoisotopic (exact) mass is 514 g/mol. The van der Waals surface area contributed by atoms with E-state index in [9.17, 15) is 13.2 Å². The van der Waals surface area contributed by atoms with Crippen molar-refractivity contribution in [3.63, 3.8) is 0 Å². The number of hydrogen-bond acceptors (Lipinski definition) is 4. The van der Waals surface area contributed by atoms with Gasteiger partial charge in [-0.2, -0.15) is 5.10 Å². The van der Waals surface area contributed by atoms with Crippen LogP contribution in [0.2, 0.25) is 0 Å². The van der Waals surface area contributed by atoms with Gasteiger partial charge in [-0.15, -0.1) is 0 Å². The van der Waals surface area contributed by atoms with Gasteiger partial charge in [0.05, 0.1) is 16.8 Å². The standard InChI is InChI=1S/C29H30N4O3S/c1-4-24-15-17-26(18-16-24)32(37(35,36)28-13-9-6-10-14-28)21-29(34)31-30-20-25-19-22(2)33(23(25)3)27-11-7-5-8-12-27/h5-20H,4,21H2,1-3H3,(H,31,34)/b30-20-. The highest BCUT2D eigenvalue weighted by Gasteiger charge is 2.27. The number of aryl methyl sites for hydroxylation is 2. The summed E-state index contributed by atoms with van der Waals surface area (Å²) in [6.07, 6.45) is 2.40. The molecule has 4 aromatic rings. The van der Waals surface area contributed by atoms with Gasteiger partial charge in [0, 0.05) is 22.6 Å². The van der Waals surface area contributed by atoms with Crippen LogP contribution in [-0.4, -0.2) is 31.7 Å². The Kier molecular flexibility index (Phi) is 7.89. The predicted molar refractivity (Wildman–Crippen MR) is 148 cm³/mol. The minimum Gasteiger partial charge on any atom is -0.318 e. The molecule has 0 aliphatic rings. The first-order valence-corrected chi connectivity index (χ1v) is 13.5. The fraction of sp³-hybridized carbons (Fsp3) is 0.172. The van der Waals surface area contributed by atoms with E-state index in [1.807, 2.05) is 69.3 Å². The van der Waals surface area contributed by atoms with Crippen LogP contribution >= 0.6 is 0 Å². The summed E-state index contributed by atoms with van der Waals surface area (Å²) < 4.78 is 30.1. The molecule has 7 nitrogen and oxygen atoms in total. The lowest BCUT2D eigenvalue weighted by atomic mass is 10.1. The summed E-state index contributed by atoms with van der Waals surface area (Å²) in [4.78, 5) is 13.0. The van der Waals surface area contributed by atoms with Crippen LogP contribution in [0, 0.1) is 13.8 Å². The summed E-state index contributed by atoms with van der Waals surface area (Å²) in [7, 11) is -3.97. The van der Waals surface area contributed by atoms with E-state index in [1.165, 1.54) is 12.1 Å². The van der Waals surface area contributed by atoms with Gasteiger partial charge in [-0.05, 0) is 68.3 Å². The third-order valence-corrected chi connectivity index (χ3v) is 7.92. The lowest BCUT2D eigenvalue weighted by Gasteiger charge is -2.24. The number of anilines is 1. The number of nitrogens with one attached hydrogen (secondary N) is 1. The maximum atomic E-state index is 13.4. The van der Waals surface area contributed by atoms with Crippen molar-refractivity contribution in [2.24, 2.45) is 5.10 Å². The van der Waals surface area contributed by atoms with Gasteiger partial charge in [0.1, 0.15) is 6.54 Å². The number of aromatic nitrogens is 1. The van der Waals surface area contributed by atoms with E-state index >= 15 is 0 Å². The van der Waals surface area contributed by atoms with Crippen LogP contribution in [0.25, 0.3) is 5.69 Å². The lowest BCUT2D eigenvalue weighted by molar-refractivity contribution is -0.119. The number of hydrogen-bond donors (Lipinski definition) is 1. The van der Waals surface area contributed by atoms with Crippen molar-refractivity contribution < 1.29 is 13.2 Å². The zero-order valence-corrected chi connectivity index (χ0v) is 21.9. The largest absolute Gasteiger partial charge is 0.318 e. The Hall–Kier alpha value is -4.17. The number of benzene rings is 3. The summed E-state index contributed by atoms with van der Waals surface area (Å²) in [5, 5.41) is 4.12. The molecule has 0 fully saturated rings. The van der Waals surface area contributed by atoms with E-state index < -0.39 is 22.5 Å². The van der Waals surface area contributed by atoms with E-state index in [-0.39, 0.29) is 4.90 Å². The van der Waals surface area contributed by atoms with Gasteiger partial charge in [-0.3, -0.25) is 9.10 Å². The highest BCUT2D eigenvalue weighted by atomic mass is 32.2. The van der Waals surface area contributed by atoms with Gasteiger partial charge in [0.25, 0.3) is 15.9 Å². The number of amides is 1. The van der Waals surface area contributed by atoms with E-state index in [4.69, 9.17) is 0 Å². The van der Waals surface area contributed by atoms with Crippen LogP contribution in [0.15, 0.2) is 101 Å². The van der Waals surface area contributed by atoms with Crippen molar-refractivity contribution in [3.05, 3.63) is 114 Å². The summed E-state index contributed by atoms with van der Waals surface area (Å²) in [6, 6.07) is 27.2. The Morgan fingerprint density at radius 2 is 1.57 bits per heavy atom. The van der Waals surface area contributed by atoms with Crippen LogP contribution in [0.1, 0.15) is 29.4 Å². The number of carbonyl (C=O) groups excluding carboxylic acids is 1. The van der Waals surface area contributed by atoms with Crippen LogP contribution in [-0.2, 0) is 21.2 Å². The molecule has 190 valence electrons. The Balaban J connectivity index is 1.54. The Bertz CT molecular complexity index is 1490. The van der Waals surface area contributed by atoms with E-state index in [0.717, 1.165) is 38.9 Å². The maximum Gasteiger partial charge on any atom is 0.264 e. The highest BCUT2D eigenvalue weighted by molar-refractivity contribution is 7.92. The second-order valence-corrected chi connectivity index (χ2v) is 10.5. The molecule has 1 heterocycles. The van der Waals surface area contributed by atoms with Crippen LogP contribution in [0.3, 0.4) is 0 Å². The first-order chi connectivity index (χ1) is 17.8. The number of para-hydroxylation sites is 1. The molecule has 0 radical (unpaired) electrons. The number of rotatable bonds is 9. The first kappa shape index (κ1) is 25.9. The quantitative estimate of drug-likeness (QED) is 0.252. The molecule has 4 rings (SSSR count). The number of nitrogens with zero attached hydrogens (tertiary/aromatic N) is 3. The second-order valence-electron chi connectivity index (χ2n) is 8.64. The number of carbonyl (C=O) groups is 1. The SMILES string of the molecule is CCc1ccc(N(CC(=O)N/N=C\c2cc(C)n(-c3ccccc3)c2C)S(=O)(=O)c2ccccc2)cc1.